The SMILES string of the molecule is Cl.Cl.NC1CCCC(C(=O)N2CCN(Cc3ccccc3)CC2)C1. The van der Waals surface area contributed by atoms with Crippen molar-refractivity contribution >= 4 is 30.7 Å². The molecule has 1 amide bonds. The average molecular weight is 374 g/mol. The Hall–Kier alpha value is -0.810. The summed E-state index contributed by atoms with van der Waals surface area (Å²) in [5, 5.41) is 0. The van der Waals surface area contributed by atoms with E-state index in [4.69, 9.17) is 5.73 Å². The van der Waals surface area contributed by atoms with Crippen molar-refractivity contribution in [2.75, 3.05) is 26.2 Å². The van der Waals surface area contributed by atoms with Crippen LogP contribution in [0.4, 0.5) is 0 Å². The lowest BCUT2D eigenvalue weighted by molar-refractivity contribution is -0.138. The van der Waals surface area contributed by atoms with E-state index in [2.05, 4.69) is 40.1 Å². The predicted molar refractivity (Wildman–Crippen MR) is 103 cm³/mol. The number of hydrogen-bond acceptors (Lipinski definition) is 3. The van der Waals surface area contributed by atoms with Crippen molar-refractivity contribution in [2.45, 2.75) is 38.3 Å². The molecule has 2 fully saturated rings. The Kier molecular flexibility index (Phi) is 9.06. The van der Waals surface area contributed by atoms with Crippen molar-refractivity contribution in [3.63, 3.8) is 0 Å². The molecule has 0 spiro atoms. The third kappa shape index (κ3) is 5.62. The zero-order valence-corrected chi connectivity index (χ0v) is 15.7. The van der Waals surface area contributed by atoms with E-state index in [-0.39, 0.29) is 36.8 Å². The van der Waals surface area contributed by atoms with Gasteiger partial charge in [-0.2, -0.15) is 0 Å². The van der Waals surface area contributed by atoms with E-state index in [0.29, 0.717) is 5.91 Å². The second-order valence-electron chi connectivity index (χ2n) is 6.71. The molecule has 1 aromatic carbocycles. The lowest BCUT2D eigenvalue weighted by Gasteiger charge is -2.37. The lowest BCUT2D eigenvalue weighted by Crippen LogP contribution is -2.50. The van der Waals surface area contributed by atoms with Crippen LogP contribution in [-0.4, -0.2) is 47.9 Å². The molecule has 0 aromatic heterocycles. The van der Waals surface area contributed by atoms with Gasteiger partial charge in [0.05, 0.1) is 0 Å². The number of amides is 1. The maximum atomic E-state index is 12.6. The molecule has 6 heteroatoms. The van der Waals surface area contributed by atoms with E-state index in [1.807, 2.05) is 0 Å². The lowest BCUT2D eigenvalue weighted by atomic mass is 9.85. The molecule has 1 aromatic rings. The summed E-state index contributed by atoms with van der Waals surface area (Å²) in [5.41, 5.74) is 7.37. The van der Waals surface area contributed by atoms with Crippen LogP contribution in [0.5, 0.6) is 0 Å². The number of hydrogen-bond donors (Lipinski definition) is 1. The summed E-state index contributed by atoms with van der Waals surface area (Å²) in [6, 6.07) is 10.8. The number of rotatable bonds is 3. The molecule has 4 nitrogen and oxygen atoms in total. The van der Waals surface area contributed by atoms with Gasteiger partial charge in [-0.15, -0.1) is 24.8 Å². The predicted octanol–water partition coefficient (Wildman–Crippen LogP) is 2.69. The molecule has 3 rings (SSSR count). The first-order chi connectivity index (χ1) is 10.7. The molecule has 2 aliphatic rings. The summed E-state index contributed by atoms with van der Waals surface area (Å²) in [5.74, 6) is 0.513. The Labute approximate surface area is 157 Å². The molecule has 2 N–H and O–H groups in total. The molecular formula is C18H29Cl2N3O. The number of halogens is 2. The first kappa shape index (κ1) is 21.2. The standard InChI is InChI=1S/C18H27N3O.2ClH/c19-17-8-4-7-16(13-17)18(22)21-11-9-20(10-12-21)14-15-5-2-1-3-6-15;;/h1-3,5-6,16-17H,4,7-14,19H2;2*1H. The Morgan fingerprint density at radius 3 is 2.33 bits per heavy atom. The zero-order valence-electron chi connectivity index (χ0n) is 14.1. The van der Waals surface area contributed by atoms with Crippen molar-refractivity contribution in [3.8, 4) is 0 Å². The monoisotopic (exact) mass is 373 g/mol. The Bertz CT molecular complexity index is 492. The fraction of sp³-hybridized carbons (Fsp3) is 0.611. The number of carbonyl (C=O) groups is 1. The first-order valence-corrected chi connectivity index (χ1v) is 8.53. The van der Waals surface area contributed by atoms with E-state index in [1.54, 1.807) is 0 Å². The highest BCUT2D eigenvalue weighted by Gasteiger charge is 2.30. The number of carbonyl (C=O) groups excluding carboxylic acids is 1. The van der Waals surface area contributed by atoms with Gasteiger partial charge in [0.1, 0.15) is 0 Å². The van der Waals surface area contributed by atoms with Crippen LogP contribution in [0.25, 0.3) is 0 Å². The van der Waals surface area contributed by atoms with Crippen molar-refractivity contribution in [3.05, 3.63) is 35.9 Å². The maximum Gasteiger partial charge on any atom is 0.225 e. The van der Waals surface area contributed by atoms with Gasteiger partial charge in [0.2, 0.25) is 5.91 Å². The van der Waals surface area contributed by atoms with Crippen molar-refractivity contribution in [1.29, 1.82) is 0 Å². The topological polar surface area (TPSA) is 49.6 Å². The Balaban J connectivity index is 0.00000144. The minimum atomic E-state index is 0. The van der Waals surface area contributed by atoms with Gasteiger partial charge < -0.3 is 10.6 Å². The van der Waals surface area contributed by atoms with E-state index < -0.39 is 0 Å². The summed E-state index contributed by atoms with van der Waals surface area (Å²) < 4.78 is 0. The van der Waals surface area contributed by atoms with Gasteiger partial charge in [0, 0.05) is 44.7 Å². The number of benzene rings is 1. The van der Waals surface area contributed by atoms with Crippen LogP contribution in [0.3, 0.4) is 0 Å². The molecule has 1 aliphatic carbocycles. The van der Waals surface area contributed by atoms with Crippen LogP contribution >= 0.6 is 24.8 Å². The zero-order chi connectivity index (χ0) is 15.4. The Morgan fingerprint density at radius 1 is 1.04 bits per heavy atom. The molecule has 2 atom stereocenters. The van der Waals surface area contributed by atoms with Gasteiger partial charge in [-0.1, -0.05) is 36.8 Å². The first-order valence-electron chi connectivity index (χ1n) is 8.53. The second-order valence-corrected chi connectivity index (χ2v) is 6.71. The molecule has 1 saturated heterocycles. The summed E-state index contributed by atoms with van der Waals surface area (Å²) in [7, 11) is 0. The molecule has 1 aliphatic heterocycles. The quantitative estimate of drug-likeness (QED) is 0.885. The van der Waals surface area contributed by atoms with Gasteiger partial charge in [-0.05, 0) is 24.8 Å². The minimum Gasteiger partial charge on any atom is -0.340 e. The molecular weight excluding hydrogens is 345 g/mol. The van der Waals surface area contributed by atoms with Crippen molar-refractivity contribution in [1.82, 2.24) is 9.80 Å². The van der Waals surface area contributed by atoms with Gasteiger partial charge in [0.25, 0.3) is 0 Å². The Morgan fingerprint density at radius 2 is 1.71 bits per heavy atom. The fourth-order valence-electron chi connectivity index (χ4n) is 3.68. The molecule has 2 unspecified atom stereocenters. The van der Waals surface area contributed by atoms with Gasteiger partial charge in [-0.3, -0.25) is 9.69 Å². The number of nitrogens with two attached hydrogens (primary N) is 1. The average Bonchev–Trinajstić information content (AvgIpc) is 2.56. The molecule has 1 heterocycles. The van der Waals surface area contributed by atoms with E-state index >= 15 is 0 Å². The fourth-order valence-corrected chi connectivity index (χ4v) is 3.68. The summed E-state index contributed by atoms with van der Waals surface area (Å²) in [4.78, 5) is 17.1. The van der Waals surface area contributed by atoms with Gasteiger partial charge in [-0.25, -0.2) is 0 Å². The molecule has 24 heavy (non-hydrogen) atoms. The van der Waals surface area contributed by atoms with Crippen molar-refractivity contribution < 1.29 is 4.79 Å². The van der Waals surface area contributed by atoms with Crippen molar-refractivity contribution in [2.24, 2.45) is 11.7 Å². The maximum absolute atomic E-state index is 12.6. The van der Waals surface area contributed by atoms with E-state index in [9.17, 15) is 4.79 Å². The highest BCUT2D eigenvalue weighted by atomic mass is 35.5. The van der Waals surface area contributed by atoms with E-state index in [0.717, 1.165) is 58.4 Å². The largest absolute Gasteiger partial charge is 0.340 e. The highest BCUT2D eigenvalue weighted by molar-refractivity contribution is 5.85. The third-order valence-corrected chi connectivity index (χ3v) is 5.00. The van der Waals surface area contributed by atoms with Crippen LogP contribution in [0.15, 0.2) is 30.3 Å². The van der Waals surface area contributed by atoms with Gasteiger partial charge in [0.15, 0.2) is 0 Å². The molecule has 1 saturated carbocycles. The molecule has 136 valence electrons. The second kappa shape index (κ2) is 10.2. The number of nitrogens with zero attached hydrogens (tertiary/aromatic N) is 2. The number of piperazine rings is 1. The summed E-state index contributed by atoms with van der Waals surface area (Å²) in [6.45, 7) is 4.64. The molecule has 0 bridgehead atoms. The van der Waals surface area contributed by atoms with Crippen LogP contribution < -0.4 is 5.73 Å². The molecule has 0 radical (unpaired) electrons. The van der Waals surface area contributed by atoms with Crippen LogP contribution in [0.2, 0.25) is 0 Å². The minimum absolute atomic E-state index is 0. The highest BCUT2D eigenvalue weighted by Crippen LogP contribution is 2.25. The van der Waals surface area contributed by atoms with E-state index in [1.165, 1.54) is 5.56 Å². The van der Waals surface area contributed by atoms with Crippen LogP contribution in [0.1, 0.15) is 31.2 Å². The van der Waals surface area contributed by atoms with Crippen LogP contribution in [0, 0.1) is 5.92 Å². The smallest absolute Gasteiger partial charge is 0.225 e. The summed E-state index contributed by atoms with van der Waals surface area (Å²) in [6.07, 6.45) is 4.08. The third-order valence-electron chi connectivity index (χ3n) is 5.00. The van der Waals surface area contributed by atoms with Gasteiger partial charge >= 0.3 is 0 Å². The van der Waals surface area contributed by atoms with Crippen LogP contribution in [-0.2, 0) is 11.3 Å². The normalized spacial score (nSPS) is 24.6. The summed E-state index contributed by atoms with van der Waals surface area (Å²) >= 11 is 0.